The monoisotopic (exact) mass is 380 g/mol. The van der Waals surface area contributed by atoms with Gasteiger partial charge >= 0.3 is 11.6 Å². The first-order valence-corrected chi connectivity index (χ1v) is 9.53. The number of rotatable bonds is 7. The van der Waals surface area contributed by atoms with E-state index in [-0.39, 0.29) is 0 Å². The number of aryl methyl sites for hydroxylation is 1. The molecule has 1 atom stereocenters. The summed E-state index contributed by atoms with van der Waals surface area (Å²) in [6, 6.07) is 14.9. The maximum Gasteiger partial charge on any atom is 0.347 e. The fourth-order valence-electron chi connectivity index (χ4n) is 3.16. The van der Waals surface area contributed by atoms with Crippen LogP contribution < -0.4 is 10.4 Å². The molecular weight excluding hydrogens is 356 g/mol. The zero-order valence-electron chi connectivity index (χ0n) is 16.4. The molecule has 1 aromatic heterocycles. The molecule has 146 valence electrons. The Morgan fingerprint density at radius 1 is 1.11 bits per heavy atom. The molecule has 0 spiro atoms. The van der Waals surface area contributed by atoms with Crippen LogP contribution in [0.3, 0.4) is 0 Å². The van der Waals surface area contributed by atoms with Gasteiger partial charge in [-0.3, -0.25) is 0 Å². The van der Waals surface area contributed by atoms with E-state index in [0.717, 1.165) is 34.9 Å². The van der Waals surface area contributed by atoms with Crippen molar-refractivity contribution < 1.29 is 18.7 Å². The summed E-state index contributed by atoms with van der Waals surface area (Å²) in [7, 11) is 0. The Morgan fingerprint density at radius 2 is 1.86 bits per heavy atom. The van der Waals surface area contributed by atoms with E-state index >= 15 is 0 Å². The highest BCUT2D eigenvalue weighted by atomic mass is 16.6. The fraction of sp³-hybridized carbons (Fsp3) is 0.304. The molecule has 3 rings (SSSR count). The molecule has 5 heteroatoms. The van der Waals surface area contributed by atoms with E-state index in [4.69, 9.17) is 13.9 Å². The normalized spacial score (nSPS) is 12.0. The van der Waals surface area contributed by atoms with Crippen molar-refractivity contribution in [2.45, 2.75) is 39.7 Å². The van der Waals surface area contributed by atoms with Crippen LogP contribution in [0.25, 0.3) is 22.1 Å². The van der Waals surface area contributed by atoms with Gasteiger partial charge in [-0.15, -0.1) is 0 Å². The lowest BCUT2D eigenvalue weighted by molar-refractivity contribution is -0.150. The molecule has 0 saturated heterocycles. The smallest absolute Gasteiger partial charge is 0.347 e. The summed E-state index contributed by atoms with van der Waals surface area (Å²) >= 11 is 0. The molecule has 0 aliphatic rings. The molecule has 0 radical (unpaired) electrons. The lowest BCUT2D eigenvalue weighted by Crippen LogP contribution is -2.26. The summed E-state index contributed by atoms with van der Waals surface area (Å²) in [6.45, 7) is 5.77. The number of carbonyl (C=O) groups is 1. The number of hydrogen-bond acceptors (Lipinski definition) is 5. The molecule has 0 saturated carbocycles. The second-order valence-electron chi connectivity index (χ2n) is 6.56. The van der Waals surface area contributed by atoms with Crippen LogP contribution in [0.4, 0.5) is 0 Å². The van der Waals surface area contributed by atoms with Crippen molar-refractivity contribution in [2.75, 3.05) is 6.61 Å². The zero-order valence-corrected chi connectivity index (χ0v) is 16.4. The lowest BCUT2D eigenvalue weighted by atomic mass is 9.98. The van der Waals surface area contributed by atoms with Crippen molar-refractivity contribution >= 4 is 16.9 Å². The highest BCUT2D eigenvalue weighted by molar-refractivity contribution is 5.94. The molecule has 28 heavy (non-hydrogen) atoms. The molecule has 5 nitrogen and oxygen atoms in total. The van der Waals surface area contributed by atoms with E-state index in [2.05, 4.69) is 6.92 Å². The Morgan fingerprint density at radius 3 is 2.54 bits per heavy atom. The molecule has 0 amide bonds. The van der Waals surface area contributed by atoms with Crippen LogP contribution in [0, 0.1) is 0 Å². The Balaban J connectivity index is 2.12. The number of hydrogen-bond donors (Lipinski definition) is 0. The summed E-state index contributed by atoms with van der Waals surface area (Å²) in [5.74, 6) is 0.104. The minimum absolute atomic E-state index is 0.293. The van der Waals surface area contributed by atoms with Crippen molar-refractivity contribution in [1.29, 1.82) is 0 Å². The zero-order chi connectivity index (χ0) is 20.1. The number of ether oxygens (including phenoxy) is 2. The van der Waals surface area contributed by atoms with Crippen LogP contribution in [0.2, 0.25) is 0 Å². The average Bonchev–Trinajstić information content (AvgIpc) is 2.69. The topological polar surface area (TPSA) is 65.7 Å². The summed E-state index contributed by atoms with van der Waals surface area (Å²) in [5.41, 5.74) is 2.71. The molecular formula is C23H24O5. The van der Waals surface area contributed by atoms with Crippen LogP contribution >= 0.6 is 0 Å². The molecule has 0 fully saturated rings. The molecule has 0 aliphatic heterocycles. The quantitative estimate of drug-likeness (QED) is 0.437. The Hall–Kier alpha value is -3.08. The van der Waals surface area contributed by atoms with Gasteiger partial charge in [0, 0.05) is 17.5 Å². The van der Waals surface area contributed by atoms with Crippen LogP contribution in [-0.2, 0) is 16.0 Å². The molecule has 1 unspecified atom stereocenters. The predicted molar refractivity (Wildman–Crippen MR) is 109 cm³/mol. The third-order valence-corrected chi connectivity index (χ3v) is 4.45. The summed E-state index contributed by atoms with van der Waals surface area (Å²) in [5, 5.41) is 0.838. The predicted octanol–water partition coefficient (Wildman–Crippen LogP) is 4.74. The van der Waals surface area contributed by atoms with Gasteiger partial charge < -0.3 is 13.9 Å². The summed E-state index contributed by atoms with van der Waals surface area (Å²) in [4.78, 5) is 24.1. The fourth-order valence-corrected chi connectivity index (χ4v) is 3.16. The van der Waals surface area contributed by atoms with Gasteiger partial charge in [-0.25, -0.2) is 9.59 Å². The average molecular weight is 380 g/mol. The Labute approximate surface area is 163 Å². The van der Waals surface area contributed by atoms with Gasteiger partial charge in [0.2, 0.25) is 0 Å². The number of esters is 1. The first-order chi connectivity index (χ1) is 13.5. The van der Waals surface area contributed by atoms with Crippen LogP contribution in [0.15, 0.2) is 57.7 Å². The van der Waals surface area contributed by atoms with E-state index in [9.17, 15) is 9.59 Å². The molecule has 0 bridgehead atoms. The van der Waals surface area contributed by atoms with Gasteiger partial charge in [0.25, 0.3) is 0 Å². The van der Waals surface area contributed by atoms with Crippen molar-refractivity contribution in [1.82, 2.24) is 0 Å². The van der Waals surface area contributed by atoms with E-state index < -0.39 is 17.7 Å². The molecule has 3 aromatic rings. The van der Waals surface area contributed by atoms with E-state index in [0.29, 0.717) is 17.9 Å². The van der Waals surface area contributed by atoms with Crippen molar-refractivity contribution in [3.63, 3.8) is 0 Å². The van der Waals surface area contributed by atoms with Gasteiger partial charge in [0.05, 0.1) is 6.61 Å². The largest absolute Gasteiger partial charge is 0.479 e. The maximum atomic E-state index is 12.1. The Bertz CT molecular complexity index is 1020. The molecule has 1 heterocycles. The SMILES string of the molecule is CCCc1cc2c(-c3ccccc3)cc(=O)oc2cc1OC(C)C(=O)OCC. The van der Waals surface area contributed by atoms with Gasteiger partial charge in [-0.2, -0.15) is 0 Å². The highest BCUT2D eigenvalue weighted by Crippen LogP contribution is 2.33. The van der Waals surface area contributed by atoms with Gasteiger partial charge in [-0.1, -0.05) is 43.7 Å². The Kier molecular flexibility index (Phi) is 6.14. The minimum atomic E-state index is -0.753. The first kappa shape index (κ1) is 19.7. The molecule has 0 N–H and O–H groups in total. The van der Waals surface area contributed by atoms with Crippen molar-refractivity contribution in [3.05, 3.63) is 64.5 Å². The van der Waals surface area contributed by atoms with Gasteiger partial charge in [-0.05, 0) is 43.0 Å². The second-order valence-corrected chi connectivity index (χ2v) is 6.56. The third kappa shape index (κ3) is 4.25. The molecule has 0 aliphatic carbocycles. The highest BCUT2D eigenvalue weighted by Gasteiger charge is 2.19. The number of carbonyl (C=O) groups excluding carboxylic acids is 1. The van der Waals surface area contributed by atoms with Gasteiger partial charge in [0.15, 0.2) is 6.10 Å². The van der Waals surface area contributed by atoms with Gasteiger partial charge in [0.1, 0.15) is 11.3 Å². The van der Waals surface area contributed by atoms with E-state index in [1.807, 2.05) is 36.4 Å². The maximum absolute atomic E-state index is 12.1. The van der Waals surface area contributed by atoms with Crippen LogP contribution in [0.5, 0.6) is 5.75 Å². The van der Waals surface area contributed by atoms with Crippen molar-refractivity contribution in [3.8, 4) is 16.9 Å². The van der Waals surface area contributed by atoms with Crippen LogP contribution in [-0.4, -0.2) is 18.7 Å². The second kappa shape index (κ2) is 8.74. The minimum Gasteiger partial charge on any atom is -0.479 e. The first-order valence-electron chi connectivity index (χ1n) is 9.53. The number of fused-ring (bicyclic) bond motifs is 1. The standard InChI is InChI=1S/C23H24O5/c1-4-9-17-12-19-18(16-10-7-6-8-11-16)13-22(24)28-21(19)14-20(17)27-15(3)23(25)26-5-2/h6-8,10-15H,4-5,9H2,1-3H3. The van der Waals surface area contributed by atoms with Crippen molar-refractivity contribution in [2.24, 2.45) is 0 Å². The summed E-state index contributed by atoms with van der Waals surface area (Å²) < 4.78 is 16.3. The lowest BCUT2D eigenvalue weighted by Gasteiger charge is -2.17. The summed E-state index contributed by atoms with van der Waals surface area (Å²) in [6.07, 6.45) is 0.929. The van der Waals surface area contributed by atoms with Crippen LogP contribution in [0.1, 0.15) is 32.8 Å². The van der Waals surface area contributed by atoms with E-state index in [1.165, 1.54) is 6.07 Å². The third-order valence-electron chi connectivity index (χ3n) is 4.45. The molecule has 2 aromatic carbocycles. The number of benzene rings is 2. The van der Waals surface area contributed by atoms with E-state index in [1.54, 1.807) is 19.9 Å².